The third-order valence-corrected chi connectivity index (χ3v) is 4.20. The fourth-order valence-electron chi connectivity index (χ4n) is 3.11. The van der Waals surface area contributed by atoms with E-state index in [1.54, 1.807) is 6.20 Å². The Kier molecular flexibility index (Phi) is 7.43. The van der Waals surface area contributed by atoms with E-state index in [-0.39, 0.29) is 30.7 Å². The molecule has 1 N–H and O–H groups in total. The normalized spacial score (nSPS) is 23.7. The van der Waals surface area contributed by atoms with Gasteiger partial charge in [-0.2, -0.15) is 0 Å². The van der Waals surface area contributed by atoms with E-state index < -0.39 is 0 Å². The third-order valence-electron chi connectivity index (χ3n) is 4.20. The van der Waals surface area contributed by atoms with Crippen LogP contribution in [-0.2, 0) is 11.2 Å². The van der Waals surface area contributed by atoms with E-state index in [0.717, 1.165) is 31.6 Å². The number of rotatable bonds is 3. The Balaban J connectivity index is 0.00000110. The number of hydrogen-bond donors (Lipinski definition) is 1. The van der Waals surface area contributed by atoms with Crippen LogP contribution in [0, 0.1) is 0 Å². The molecule has 0 aromatic carbocycles. The minimum atomic E-state index is 0. The second-order valence-corrected chi connectivity index (χ2v) is 5.59. The van der Waals surface area contributed by atoms with E-state index in [9.17, 15) is 4.79 Å². The van der Waals surface area contributed by atoms with Gasteiger partial charge in [0, 0.05) is 43.5 Å². The Bertz CT molecular complexity index is 444. The number of nitrogens with zero attached hydrogens (tertiary/aromatic N) is 2. The summed E-state index contributed by atoms with van der Waals surface area (Å²) >= 11 is 0. The van der Waals surface area contributed by atoms with Crippen LogP contribution in [0.1, 0.15) is 31.4 Å². The number of hydrogen-bond acceptors (Lipinski definition) is 3. The SMILES string of the molecule is Cl.Cl.O=C(CCc1ccccn1)N1CCC2CCC(C1)N2. The van der Waals surface area contributed by atoms with Crippen molar-refractivity contribution in [2.75, 3.05) is 13.1 Å². The Labute approximate surface area is 138 Å². The summed E-state index contributed by atoms with van der Waals surface area (Å²) in [7, 11) is 0. The van der Waals surface area contributed by atoms with Gasteiger partial charge in [0.15, 0.2) is 0 Å². The van der Waals surface area contributed by atoms with E-state index in [0.29, 0.717) is 18.5 Å². The van der Waals surface area contributed by atoms with Crippen LogP contribution < -0.4 is 5.32 Å². The largest absolute Gasteiger partial charge is 0.341 e. The van der Waals surface area contributed by atoms with Crippen LogP contribution in [0.15, 0.2) is 24.4 Å². The number of likely N-dealkylation sites (tertiary alicyclic amines) is 1. The van der Waals surface area contributed by atoms with Gasteiger partial charge < -0.3 is 10.2 Å². The predicted molar refractivity (Wildman–Crippen MR) is 88.2 cm³/mol. The molecule has 2 aliphatic rings. The Hall–Kier alpha value is -0.840. The monoisotopic (exact) mass is 331 g/mol. The molecular formula is C15H23Cl2N3O. The first kappa shape index (κ1) is 18.2. The Morgan fingerprint density at radius 3 is 2.81 bits per heavy atom. The van der Waals surface area contributed by atoms with Gasteiger partial charge in [0.1, 0.15) is 0 Å². The highest BCUT2D eigenvalue weighted by molar-refractivity contribution is 5.85. The second kappa shape index (κ2) is 8.57. The van der Waals surface area contributed by atoms with Gasteiger partial charge in [-0.1, -0.05) is 6.07 Å². The summed E-state index contributed by atoms with van der Waals surface area (Å²) < 4.78 is 0. The fourth-order valence-corrected chi connectivity index (χ4v) is 3.11. The number of carbonyl (C=O) groups excluding carboxylic acids is 1. The molecule has 0 saturated carbocycles. The molecule has 3 rings (SSSR count). The van der Waals surface area contributed by atoms with Gasteiger partial charge in [-0.3, -0.25) is 9.78 Å². The van der Waals surface area contributed by atoms with E-state index in [2.05, 4.69) is 10.3 Å². The molecule has 2 unspecified atom stereocenters. The molecule has 1 aromatic heterocycles. The summed E-state index contributed by atoms with van der Waals surface area (Å²) in [5.74, 6) is 0.278. The van der Waals surface area contributed by atoms with Gasteiger partial charge in [0.25, 0.3) is 0 Å². The van der Waals surface area contributed by atoms with Crippen LogP contribution in [0.2, 0.25) is 0 Å². The van der Waals surface area contributed by atoms with Crippen LogP contribution in [0.3, 0.4) is 0 Å². The lowest BCUT2D eigenvalue weighted by molar-refractivity contribution is -0.131. The van der Waals surface area contributed by atoms with Gasteiger partial charge in [-0.05, 0) is 37.8 Å². The maximum Gasteiger partial charge on any atom is 0.223 e. The van der Waals surface area contributed by atoms with Crippen molar-refractivity contribution >= 4 is 30.7 Å². The van der Waals surface area contributed by atoms with Crippen molar-refractivity contribution in [3.63, 3.8) is 0 Å². The molecule has 21 heavy (non-hydrogen) atoms. The number of carbonyl (C=O) groups is 1. The van der Waals surface area contributed by atoms with Crippen molar-refractivity contribution in [2.45, 2.75) is 44.2 Å². The molecule has 2 bridgehead atoms. The average molecular weight is 332 g/mol. The number of fused-ring (bicyclic) bond motifs is 2. The zero-order valence-corrected chi connectivity index (χ0v) is 13.7. The quantitative estimate of drug-likeness (QED) is 0.923. The number of aromatic nitrogens is 1. The van der Waals surface area contributed by atoms with Gasteiger partial charge in [-0.25, -0.2) is 0 Å². The fraction of sp³-hybridized carbons (Fsp3) is 0.600. The first-order valence-electron chi connectivity index (χ1n) is 7.25. The minimum Gasteiger partial charge on any atom is -0.341 e. The van der Waals surface area contributed by atoms with Crippen LogP contribution >= 0.6 is 24.8 Å². The van der Waals surface area contributed by atoms with Crippen molar-refractivity contribution in [1.29, 1.82) is 0 Å². The van der Waals surface area contributed by atoms with E-state index in [4.69, 9.17) is 0 Å². The summed E-state index contributed by atoms with van der Waals surface area (Å²) in [6.45, 7) is 1.80. The van der Waals surface area contributed by atoms with Crippen molar-refractivity contribution < 1.29 is 4.79 Å². The number of nitrogens with one attached hydrogen (secondary N) is 1. The lowest BCUT2D eigenvalue weighted by Gasteiger charge is -2.24. The zero-order chi connectivity index (χ0) is 13.1. The third kappa shape index (κ3) is 4.83. The molecule has 4 nitrogen and oxygen atoms in total. The standard InChI is InChI=1S/C15H21N3O.2ClH/c19-15(7-6-12-3-1-2-9-16-12)18-10-8-13-4-5-14(11-18)17-13;;/h1-3,9,13-14,17H,4-8,10-11H2;2*1H. The van der Waals surface area contributed by atoms with Gasteiger partial charge in [0.05, 0.1) is 0 Å². The smallest absolute Gasteiger partial charge is 0.223 e. The number of pyridine rings is 1. The Morgan fingerprint density at radius 2 is 2.05 bits per heavy atom. The summed E-state index contributed by atoms with van der Waals surface area (Å²) in [5, 5.41) is 3.61. The Morgan fingerprint density at radius 1 is 1.24 bits per heavy atom. The molecular weight excluding hydrogens is 309 g/mol. The van der Waals surface area contributed by atoms with Crippen LogP contribution in [0.5, 0.6) is 0 Å². The molecule has 2 fully saturated rings. The molecule has 0 radical (unpaired) electrons. The number of amides is 1. The molecule has 0 spiro atoms. The van der Waals surface area contributed by atoms with Crippen LogP contribution in [0.25, 0.3) is 0 Å². The van der Waals surface area contributed by atoms with E-state index >= 15 is 0 Å². The van der Waals surface area contributed by atoms with Gasteiger partial charge >= 0.3 is 0 Å². The van der Waals surface area contributed by atoms with E-state index in [1.165, 1.54) is 12.8 Å². The minimum absolute atomic E-state index is 0. The first-order valence-corrected chi connectivity index (χ1v) is 7.25. The molecule has 2 aliphatic heterocycles. The topological polar surface area (TPSA) is 45.2 Å². The molecule has 0 aliphatic carbocycles. The molecule has 118 valence electrons. The molecule has 2 atom stereocenters. The van der Waals surface area contributed by atoms with Gasteiger partial charge in [-0.15, -0.1) is 24.8 Å². The molecule has 1 amide bonds. The lowest BCUT2D eigenvalue weighted by atomic mass is 10.1. The maximum atomic E-state index is 12.3. The molecule has 6 heteroatoms. The van der Waals surface area contributed by atoms with Crippen molar-refractivity contribution in [3.8, 4) is 0 Å². The average Bonchev–Trinajstić information content (AvgIpc) is 2.77. The maximum absolute atomic E-state index is 12.3. The summed E-state index contributed by atoms with van der Waals surface area (Å²) in [6.07, 6.45) is 6.71. The van der Waals surface area contributed by atoms with Crippen LogP contribution in [-0.4, -0.2) is 41.0 Å². The van der Waals surface area contributed by atoms with Crippen molar-refractivity contribution in [2.24, 2.45) is 0 Å². The second-order valence-electron chi connectivity index (χ2n) is 5.59. The highest BCUT2D eigenvalue weighted by Gasteiger charge is 2.30. The highest BCUT2D eigenvalue weighted by Crippen LogP contribution is 2.20. The summed E-state index contributed by atoms with van der Waals surface area (Å²) in [4.78, 5) is 18.6. The molecule has 2 saturated heterocycles. The molecule has 3 heterocycles. The van der Waals surface area contributed by atoms with Crippen molar-refractivity contribution in [1.82, 2.24) is 15.2 Å². The van der Waals surface area contributed by atoms with E-state index in [1.807, 2.05) is 23.1 Å². The summed E-state index contributed by atoms with van der Waals surface area (Å²) in [5.41, 5.74) is 1.00. The van der Waals surface area contributed by atoms with Crippen molar-refractivity contribution in [3.05, 3.63) is 30.1 Å². The lowest BCUT2D eigenvalue weighted by Crippen LogP contribution is -2.39. The zero-order valence-electron chi connectivity index (χ0n) is 12.0. The van der Waals surface area contributed by atoms with Gasteiger partial charge in [0.2, 0.25) is 5.91 Å². The number of halogens is 2. The highest BCUT2D eigenvalue weighted by atomic mass is 35.5. The number of aryl methyl sites for hydroxylation is 1. The van der Waals surface area contributed by atoms with Crippen LogP contribution in [0.4, 0.5) is 0 Å². The summed E-state index contributed by atoms with van der Waals surface area (Å²) in [6, 6.07) is 7.02. The first-order chi connectivity index (χ1) is 9.31. The predicted octanol–water partition coefficient (Wildman–Crippen LogP) is 2.21. The molecule has 1 aromatic rings.